The summed E-state index contributed by atoms with van der Waals surface area (Å²) in [6.45, 7) is 4.15. The van der Waals surface area contributed by atoms with Gasteiger partial charge >= 0.3 is 0 Å². The Kier molecular flexibility index (Phi) is 4.20. The molecular formula is C17H18ClNO2. The summed E-state index contributed by atoms with van der Waals surface area (Å²) in [5.74, 6) is 1.66. The molecule has 0 bridgehead atoms. The predicted molar refractivity (Wildman–Crippen MR) is 85.6 cm³/mol. The molecule has 110 valence electrons. The third kappa shape index (κ3) is 3.24. The first-order chi connectivity index (χ1) is 10.2. The number of benzene rings is 2. The number of fused-ring (bicyclic) bond motifs is 1. The van der Waals surface area contributed by atoms with Crippen molar-refractivity contribution < 1.29 is 9.47 Å². The summed E-state index contributed by atoms with van der Waals surface area (Å²) < 4.78 is 11.3. The highest BCUT2D eigenvalue weighted by molar-refractivity contribution is 6.31. The predicted octanol–water partition coefficient (Wildman–Crippen LogP) is 4.42. The van der Waals surface area contributed by atoms with E-state index in [1.165, 1.54) is 0 Å². The van der Waals surface area contributed by atoms with E-state index >= 15 is 0 Å². The van der Waals surface area contributed by atoms with Crippen molar-refractivity contribution in [1.29, 1.82) is 0 Å². The fraction of sp³-hybridized carbons (Fsp3) is 0.294. The zero-order valence-electron chi connectivity index (χ0n) is 12.0. The topological polar surface area (TPSA) is 30.5 Å². The second-order valence-electron chi connectivity index (χ2n) is 5.10. The van der Waals surface area contributed by atoms with Gasteiger partial charge in [0.2, 0.25) is 0 Å². The van der Waals surface area contributed by atoms with Gasteiger partial charge in [0, 0.05) is 23.7 Å². The Morgan fingerprint density at radius 3 is 2.76 bits per heavy atom. The van der Waals surface area contributed by atoms with Gasteiger partial charge in [0.1, 0.15) is 0 Å². The maximum absolute atomic E-state index is 6.13. The van der Waals surface area contributed by atoms with Crippen molar-refractivity contribution >= 4 is 17.3 Å². The number of rotatable bonds is 3. The Morgan fingerprint density at radius 1 is 1.10 bits per heavy atom. The van der Waals surface area contributed by atoms with Gasteiger partial charge in [0.05, 0.1) is 13.2 Å². The number of hydrogen-bond acceptors (Lipinski definition) is 3. The van der Waals surface area contributed by atoms with Gasteiger partial charge in [-0.2, -0.15) is 0 Å². The van der Waals surface area contributed by atoms with E-state index in [9.17, 15) is 0 Å². The number of hydrogen-bond donors (Lipinski definition) is 1. The summed E-state index contributed by atoms with van der Waals surface area (Å²) in [4.78, 5) is 0. The number of ether oxygens (including phenoxy) is 2. The summed E-state index contributed by atoms with van der Waals surface area (Å²) in [6, 6.07) is 11.9. The standard InChI is InChI=1S/C17H18ClNO2/c1-12-14(18)4-2-5-15(12)19-11-13-6-7-16-17(10-13)21-9-3-8-20-16/h2,4-7,10,19H,3,8-9,11H2,1H3. The molecule has 0 aromatic heterocycles. The molecule has 0 aliphatic carbocycles. The summed E-state index contributed by atoms with van der Waals surface area (Å²) in [5, 5.41) is 4.19. The van der Waals surface area contributed by atoms with Crippen LogP contribution < -0.4 is 14.8 Å². The normalized spacial score (nSPS) is 13.6. The van der Waals surface area contributed by atoms with E-state index in [1.807, 2.05) is 37.3 Å². The van der Waals surface area contributed by atoms with E-state index in [-0.39, 0.29) is 0 Å². The van der Waals surface area contributed by atoms with E-state index in [4.69, 9.17) is 21.1 Å². The van der Waals surface area contributed by atoms with E-state index in [1.54, 1.807) is 0 Å². The first-order valence-electron chi connectivity index (χ1n) is 7.11. The molecule has 4 heteroatoms. The highest BCUT2D eigenvalue weighted by Gasteiger charge is 2.10. The Bertz CT molecular complexity index is 643. The monoisotopic (exact) mass is 303 g/mol. The van der Waals surface area contributed by atoms with Crippen LogP contribution in [0.4, 0.5) is 5.69 Å². The van der Waals surface area contributed by atoms with Crippen molar-refractivity contribution in [2.45, 2.75) is 19.9 Å². The van der Waals surface area contributed by atoms with E-state index in [0.717, 1.165) is 46.3 Å². The fourth-order valence-electron chi connectivity index (χ4n) is 2.31. The zero-order valence-corrected chi connectivity index (χ0v) is 12.7. The third-order valence-corrected chi connectivity index (χ3v) is 3.97. The number of nitrogens with one attached hydrogen (secondary N) is 1. The van der Waals surface area contributed by atoms with Crippen molar-refractivity contribution in [1.82, 2.24) is 0 Å². The fourth-order valence-corrected chi connectivity index (χ4v) is 2.49. The van der Waals surface area contributed by atoms with Gasteiger partial charge in [-0.15, -0.1) is 0 Å². The highest BCUT2D eigenvalue weighted by Crippen LogP contribution is 2.31. The van der Waals surface area contributed by atoms with Gasteiger partial charge in [-0.1, -0.05) is 23.7 Å². The van der Waals surface area contributed by atoms with Crippen molar-refractivity contribution in [3.63, 3.8) is 0 Å². The molecule has 0 atom stereocenters. The Labute approximate surface area is 129 Å². The minimum absolute atomic E-state index is 0.706. The van der Waals surface area contributed by atoms with E-state index in [2.05, 4.69) is 11.4 Å². The van der Waals surface area contributed by atoms with Crippen molar-refractivity contribution in [2.75, 3.05) is 18.5 Å². The molecule has 21 heavy (non-hydrogen) atoms. The minimum atomic E-state index is 0.706. The summed E-state index contributed by atoms with van der Waals surface area (Å²) >= 11 is 6.13. The van der Waals surface area contributed by atoms with Crippen LogP contribution in [-0.4, -0.2) is 13.2 Å². The molecule has 1 aliphatic rings. The van der Waals surface area contributed by atoms with E-state index < -0.39 is 0 Å². The second-order valence-corrected chi connectivity index (χ2v) is 5.50. The quantitative estimate of drug-likeness (QED) is 0.910. The van der Waals surface area contributed by atoms with Crippen molar-refractivity contribution in [2.24, 2.45) is 0 Å². The van der Waals surface area contributed by atoms with Gasteiger partial charge in [-0.3, -0.25) is 0 Å². The van der Waals surface area contributed by atoms with Crippen LogP contribution in [0.5, 0.6) is 11.5 Å². The SMILES string of the molecule is Cc1c(Cl)cccc1NCc1ccc2c(c1)OCCCO2. The van der Waals surface area contributed by atoms with Gasteiger partial charge in [0.15, 0.2) is 11.5 Å². The minimum Gasteiger partial charge on any atom is -0.490 e. The van der Waals surface area contributed by atoms with Gasteiger partial charge in [0.25, 0.3) is 0 Å². The summed E-state index contributed by atoms with van der Waals surface area (Å²) in [5.41, 5.74) is 3.27. The van der Waals surface area contributed by atoms with Crippen LogP contribution in [0, 0.1) is 6.92 Å². The van der Waals surface area contributed by atoms with Crippen LogP contribution in [0.2, 0.25) is 5.02 Å². The smallest absolute Gasteiger partial charge is 0.161 e. The molecule has 0 radical (unpaired) electrons. The van der Waals surface area contributed by atoms with Crippen molar-refractivity contribution in [3.8, 4) is 11.5 Å². The average Bonchev–Trinajstić information content (AvgIpc) is 2.73. The van der Waals surface area contributed by atoms with Crippen LogP contribution in [-0.2, 0) is 6.54 Å². The Hall–Kier alpha value is -1.87. The van der Waals surface area contributed by atoms with E-state index in [0.29, 0.717) is 13.2 Å². The molecule has 1 heterocycles. The van der Waals surface area contributed by atoms with Crippen molar-refractivity contribution in [3.05, 3.63) is 52.5 Å². The maximum Gasteiger partial charge on any atom is 0.161 e. The molecular weight excluding hydrogens is 286 g/mol. The van der Waals surface area contributed by atoms with Crippen LogP contribution in [0.1, 0.15) is 17.5 Å². The molecule has 0 unspecified atom stereocenters. The lowest BCUT2D eigenvalue weighted by molar-refractivity contribution is 0.297. The van der Waals surface area contributed by atoms with Gasteiger partial charge in [-0.05, 0) is 42.3 Å². The summed E-state index contributed by atoms with van der Waals surface area (Å²) in [7, 11) is 0. The molecule has 0 spiro atoms. The molecule has 2 aromatic carbocycles. The third-order valence-electron chi connectivity index (χ3n) is 3.56. The molecule has 0 fully saturated rings. The average molecular weight is 304 g/mol. The Morgan fingerprint density at radius 2 is 1.90 bits per heavy atom. The lowest BCUT2D eigenvalue weighted by Crippen LogP contribution is -2.02. The Balaban J connectivity index is 1.73. The zero-order chi connectivity index (χ0) is 14.7. The molecule has 0 saturated carbocycles. The maximum atomic E-state index is 6.13. The number of halogens is 1. The van der Waals surface area contributed by atoms with Gasteiger partial charge < -0.3 is 14.8 Å². The number of anilines is 1. The van der Waals surface area contributed by atoms with Crippen LogP contribution in [0.15, 0.2) is 36.4 Å². The molecule has 0 amide bonds. The lowest BCUT2D eigenvalue weighted by Gasteiger charge is -2.12. The largest absolute Gasteiger partial charge is 0.490 e. The summed E-state index contributed by atoms with van der Waals surface area (Å²) in [6.07, 6.45) is 0.921. The molecule has 2 aromatic rings. The second kappa shape index (κ2) is 6.27. The first kappa shape index (κ1) is 14.1. The highest BCUT2D eigenvalue weighted by atomic mass is 35.5. The van der Waals surface area contributed by atoms with Crippen LogP contribution >= 0.6 is 11.6 Å². The van der Waals surface area contributed by atoms with Gasteiger partial charge in [-0.25, -0.2) is 0 Å². The van der Waals surface area contributed by atoms with Crippen LogP contribution in [0.3, 0.4) is 0 Å². The molecule has 3 rings (SSSR count). The molecule has 0 saturated heterocycles. The molecule has 3 nitrogen and oxygen atoms in total. The first-order valence-corrected chi connectivity index (χ1v) is 7.49. The molecule has 1 N–H and O–H groups in total. The molecule has 1 aliphatic heterocycles. The lowest BCUT2D eigenvalue weighted by atomic mass is 10.1. The van der Waals surface area contributed by atoms with Crippen LogP contribution in [0.25, 0.3) is 0 Å².